The van der Waals surface area contributed by atoms with Crippen molar-refractivity contribution in [1.82, 2.24) is 0 Å². The highest BCUT2D eigenvalue weighted by molar-refractivity contribution is 5.87. The van der Waals surface area contributed by atoms with E-state index in [2.05, 4.69) is 104 Å². The molecule has 2 saturated carbocycles. The third-order valence-electron chi connectivity index (χ3n) is 10.1. The van der Waals surface area contributed by atoms with Crippen LogP contribution in [0.2, 0.25) is 0 Å². The monoisotopic (exact) mass is 512 g/mol. The van der Waals surface area contributed by atoms with Gasteiger partial charge in [-0.2, -0.15) is 0 Å². The van der Waals surface area contributed by atoms with E-state index in [1.54, 1.807) is 0 Å². The van der Waals surface area contributed by atoms with Crippen LogP contribution in [-0.4, -0.2) is 5.78 Å². The van der Waals surface area contributed by atoms with Crippen molar-refractivity contribution in [3.63, 3.8) is 0 Å². The normalized spacial score (nSPS) is 26.7. The van der Waals surface area contributed by atoms with E-state index in [1.807, 2.05) is 6.07 Å². The smallest absolute Gasteiger partial charge is 0.139 e. The SMILES string of the molecule is C[C@]12CC[C@@H]3c4ccc(-c5ccc([C@H](/C=C/c6ccccc6)c6ccccc6)o5)cc4CC[C@H]3[C@@H]1CCC2=O. The van der Waals surface area contributed by atoms with Crippen molar-refractivity contribution in [2.75, 3.05) is 0 Å². The number of ketones is 1. The van der Waals surface area contributed by atoms with Crippen LogP contribution in [0.15, 0.2) is 101 Å². The molecule has 0 radical (unpaired) electrons. The summed E-state index contributed by atoms with van der Waals surface area (Å²) in [5.74, 6) is 4.29. The molecule has 0 spiro atoms. The summed E-state index contributed by atoms with van der Waals surface area (Å²) in [5.41, 5.74) is 6.50. The molecule has 2 heteroatoms. The number of carbonyl (C=O) groups is 1. The minimum absolute atomic E-state index is 0.0456. The predicted octanol–water partition coefficient (Wildman–Crippen LogP) is 9.22. The van der Waals surface area contributed by atoms with Gasteiger partial charge in [0.15, 0.2) is 0 Å². The molecular weight excluding hydrogens is 476 g/mol. The molecular formula is C37H36O2. The first-order chi connectivity index (χ1) is 19.1. The summed E-state index contributed by atoms with van der Waals surface area (Å²) in [5, 5.41) is 0. The maximum Gasteiger partial charge on any atom is 0.139 e. The molecule has 0 unspecified atom stereocenters. The number of Topliss-reactive ketones (excluding diaryl/α,β-unsaturated/α-hetero) is 1. The Hall–Kier alpha value is -3.65. The molecule has 0 N–H and O–H groups in total. The fraction of sp³-hybridized carbons (Fsp3) is 0.324. The number of hydrogen-bond donors (Lipinski definition) is 0. The van der Waals surface area contributed by atoms with Crippen LogP contribution in [0.25, 0.3) is 17.4 Å². The Morgan fingerprint density at radius 2 is 1.67 bits per heavy atom. The fourth-order valence-electron chi connectivity index (χ4n) is 7.98. The predicted molar refractivity (Wildman–Crippen MR) is 158 cm³/mol. The van der Waals surface area contributed by atoms with E-state index in [0.717, 1.165) is 49.2 Å². The molecule has 0 saturated heterocycles. The molecule has 3 aliphatic rings. The van der Waals surface area contributed by atoms with E-state index in [0.29, 0.717) is 23.5 Å². The average molecular weight is 513 g/mol. The highest BCUT2D eigenvalue weighted by Gasteiger charge is 2.54. The molecule has 4 aromatic rings. The number of benzene rings is 3. The third-order valence-corrected chi connectivity index (χ3v) is 10.1. The van der Waals surface area contributed by atoms with Crippen LogP contribution in [0.4, 0.5) is 0 Å². The lowest BCUT2D eigenvalue weighted by atomic mass is 9.55. The minimum atomic E-state index is -0.0621. The molecule has 1 aromatic heterocycles. The molecule has 196 valence electrons. The van der Waals surface area contributed by atoms with E-state index in [-0.39, 0.29) is 11.3 Å². The second-order valence-corrected chi connectivity index (χ2v) is 12.1. The second-order valence-electron chi connectivity index (χ2n) is 12.1. The van der Waals surface area contributed by atoms with Crippen LogP contribution in [-0.2, 0) is 11.2 Å². The van der Waals surface area contributed by atoms with Crippen LogP contribution in [0.1, 0.15) is 78.9 Å². The van der Waals surface area contributed by atoms with Gasteiger partial charge in [0, 0.05) is 17.4 Å². The number of rotatable bonds is 5. The number of aryl methyl sites for hydroxylation is 1. The third kappa shape index (κ3) is 4.31. The summed E-state index contributed by atoms with van der Waals surface area (Å²) in [4.78, 5) is 12.7. The average Bonchev–Trinajstić information content (AvgIpc) is 3.58. The lowest BCUT2D eigenvalue weighted by molar-refractivity contribution is -0.129. The van der Waals surface area contributed by atoms with E-state index in [9.17, 15) is 4.79 Å². The molecule has 0 amide bonds. The van der Waals surface area contributed by atoms with Gasteiger partial charge in [0.2, 0.25) is 0 Å². The Morgan fingerprint density at radius 1 is 0.872 bits per heavy atom. The molecule has 3 aliphatic carbocycles. The van der Waals surface area contributed by atoms with Gasteiger partial charge in [-0.05, 0) is 90.3 Å². The Labute approximate surface area is 231 Å². The Bertz CT molecular complexity index is 1510. The van der Waals surface area contributed by atoms with Crippen molar-refractivity contribution in [3.05, 3.63) is 125 Å². The number of hydrogen-bond acceptors (Lipinski definition) is 2. The van der Waals surface area contributed by atoms with E-state index < -0.39 is 0 Å². The van der Waals surface area contributed by atoms with E-state index >= 15 is 0 Å². The van der Waals surface area contributed by atoms with Gasteiger partial charge in [0.1, 0.15) is 17.3 Å². The molecule has 2 nitrogen and oxygen atoms in total. The van der Waals surface area contributed by atoms with Gasteiger partial charge < -0.3 is 4.42 Å². The van der Waals surface area contributed by atoms with E-state index in [1.165, 1.54) is 28.7 Å². The highest BCUT2D eigenvalue weighted by Crippen LogP contribution is 2.59. The number of fused-ring (bicyclic) bond motifs is 5. The van der Waals surface area contributed by atoms with Crippen molar-refractivity contribution in [3.8, 4) is 11.3 Å². The van der Waals surface area contributed by atoms with Gasteiger partial charge in [0.25, 0.3) is 0 Å². The number of furan rings is 1. The van der Waals surface area contributed by atoms with Gasteiger partial charge >= 0.3 is 0 Å². The molecule has 39 heavy (non-hydrogen) atoms. The van der Waals surface area contributed by atoms with Crippen LogP contribution in [0.3, 0.4) is 0 Å². The van der Waals surface area contributed by atoms with Crippen molar-refractivity contribution < 1.29 is 9.21 Å². The maximum atomic E-state index is 12.7. The number of allylic oxidation sites excluding steroid dienone is 1. The van der Waals surface area contributed by atoms with Crippen molar-refractivity contribution in [2.45, 2.75) is 57.3 Å². The Balaban J connectivity index is 1.17. The first kappa shape index (κ1) is 24.4. The first-order valence-electron chi connectivity index (χ1n) is 14.6. The van der Waals surface area contributed by atoms with Crippen molar-refractivity contribution >= 4 is 11.9 Å². The summed E-state index contributed by atoms with van der Waals surface area (Å²) < 4.78 is 6.57. The summed E-state index contributed by atoms with van der Waals surface area (Å²) in [7, 11) is 0. The second kappa shape index (κ2) is 9.83. The topological polar surface area (TPSA) is 30.2 Å². The van der Waals surface area contributed by atoms with Gasteiger partial charge in [0.05, 0.1) is 5.92 Å². The van der Waals surface area contributed by atoms with E-state index in [4.69, 9.17) is 4.42 Å². The molecule has 2 fully saturated rings. The summed E-state index contributed by atoms with van der Waals surface area (Å²) in [6, 6.07) is 32.3. The largest absolute Gasteiger partial charge is 0.460 e. The van der Waals surface area contributed by atoms with Crippen LogP contribution in [0, 0.1) is 17.3 Å². The first-order valence-corrected chi connectivity index (χ1v) is 14.6. The number of carbonyl (C=O) groups excluding carboxylic acids is 1. The molecule has 1 heterocycles. The lowest BCUT2D eigenvalue weighted by Crippen LogP contribution is -2.42. The maximum absolute atomic E-state index is 12.7. The fourth-order valence-corrected chi connectivity index (χ4v) is 7.98. The van der Waals surface area contributed by atoms with Crippen LogP contribution < -0.4 is 0 Å². The minimum Gasteiger partial charge on any atom is -0.460 e. The molecule has 0 aliphatic heterocycles. The molecule has 5 atom stereocenters. The summed E-state index contributed by atoms with van der Waals surface area (Å²) >= 11 is 0. The molecule has 7 rings (SSSR count). The molecule has 3 aromatic carbocycles. The zero-order valence-electron chi connectivity index (χ0n) is 22.7. The van der Waals surface area contributed by atoms with Crippen molar-refractivity contribution in [2.24, 2.45) is 17.3 Å². The summed E-state index contributed by atoms with van der Waals surface area (Å²) in [6.07, 6.45) is 10.8. The van der Waals surface area contributed by atoms with Crippen molar-refractivity contribution in [1.29, 1.82) is 0 Å². The van der Waals surface area contributed by atoms with Gasteiger partial charge in [-0.15, -0.1) is 0 Å². The quantitative estimate of drug-likeness (QED) is 0.267. The lowest BCUT2D eigenvalue weighted by Gasteiger charge is -2.48. The van der Waals surface area contributed by atoms with Crippen LogP contribution in [0.5, 0.6) is 0 Å². The van der Waals surface area contributed by atoms with Gasteiger partial charge in [-0.25, -0.2) is 0 Å². The standard InChI is InChI=1S/C37H36O2/c1-37-23-22-31-29-16-14-28(24-27(29)13-17-32(31)33(37)18-21-36(37)38)34-19-20-35(39-34)30(26-10-6-3-7-11-26)15-12-25-8-4-2-5-9-25/h2-12,14-16,19-20,24,30-33H,13,17-18,21-23H2,1H3/b15-12+/t30-,31-,32-,33+,37+/m1/s1. The highest BCUT2D eigenvalue weighted by atomic mass is 16.3. The Kier molecular flexibility index (Phi) is 6.15. The Morgan fingerprint density at radius 3 is 2.49 bits per heavy atom. The zero-order valence-corrected chi connectivity index (χ0v) is 22.7. The summed E-state index contributed by atoms with van der Waals surface area (Å²) in [6.45, 7) is 2.26. The zero-order chi connectivity index (χ0) is 26.4. The van der Waals surface area contributed by atoms with Crippen LogP contribution >= 0.6 is 0 Å². The molecule has 0 bridgehead atoms. The van der Waals surface area contributed by atoms with Gasteiger partial charge in [-0.1, -0.05) is 91.9 Å². The van der Waals surface area contributed by atoms with Gasteiger partial charge in [-0.3, -0.25) is 4.79 Å².